The molecule has 0 radical (unpaired) electrons. The van der Waals surface area contributed by atoms with Gasteiger partial charge >= 0.3 is 0 Å². The highest BCUT2D eigenvalue weighted by atomic mass is 32.2. The lowest BCUT2D eigenvalue weighted by Crippen LogP contribution is -2.50. The first-order valence-corrected chi connectivity index (χ1v) is 8.08. The number of aryl methyl sites for hydroxylation is 1. The molecule has 0 unspecified atom stereocenters. The Morgan fingerprint density at radius 3 is 2.30 bits per heavy atom. The zero-order chi connectivity index (χ0) is 14.9. The highest BCUT2D eigenvalue weighted by molar-refractivity contribution is 7.88. The van der Waals surface area contributed by atoms with E-state index in [9.17, 15) is 18.0 Å². The minimum Gasteiger partial charge on any atom is -0.336 e. The van der Waals surface area contributed by atoms with Crippen molar-refractivity contribution < 1.29 is 13.2 Å². The molecule has 20 heavy (non-hydrogen) atoms. The normalized spacial score (nSPS) is 17.2. The van der Waals surface area contributed by atoms with E-state index in [4.69, 9.17) is 0 Å². The van der Waals surface area contributed by atoms with Crippen LogP contribution in [0, 0.1) is 6.92 Å². The van der Waals surface area contributed by atoms with Gasteiger partial charge in [0.25, 0.3) is 11.5 Å². The van der Waals surface area contributed by atoms with Gasteiger partial charge in [-0.3, -0.25) is 9.59 Å². The van der Waals surface area contributed by atoms with Crippen molar-refractivity contribution in [1.82, 2.24) is 14.2 Å². The third kappa shape index (κ3) is 3.07. The van der Waals surface area contributed by atoms with Gasteiger partial charge in [0.1, 0.15) is 5.56 Å². The second-order valence-corrected chi connectivity index (χ2v) is 6.82. The van der Waals surface area contributed by atoms with Crippen LogP contribution in [0.3, 0.4) is 0 Å². The van der Waals surface area contributed by atoms with E-state index < -0.39 is 15.6 Å². The Morgan fingerprint density at radius 1 is 1.20 bits per heavy atom. The minimum atomic E-state index is -3.23. The maximum absolute atomic E-state index is 12.2. The Kier molecular flexibility index (Phi) is 3.96. The fourth-order valence-corrected chi connectivity index (χ4v) is 2.96. The maximum Gasteiger partial charge on any atom is 0.260 e. The van der Waals surface area contributed by atoms with Crippen molar-refractivity contribution in [3.8, 4) is 0 Å². The van der Waals surface area contributed by atoms with E-state index in [1.54, 1.807) is 13.0 Å². The van der Waals surface area contributed by atoms with Crippen LogP contribution in [0.2, 0.25) is 0 Å². The number of sulfonamides is 1. The Bertz CT molecular complexity index is 672. The van der Waals surface area contributed by atoms with Gasteiger partial charge in [-0.25, -0.2) is 8.42 Å². The van der Waals surface area contributed by atoms with Crippen molar-refractivity contribution in [2.75, 3.05) is 32.4 Å². The summed E-state index contributed by atoms with van der Waals surface area (Å²) in [7, 11) is -3.23. The van der Waals surface area contributed by atoms with Crippen LogP contribution in [0.5, 0.6) is 0 Å². The second kappa shape index (κ2) is 5.37. The zero-order valence-electron chi connectivity index (χ0n) is 11.4. The molecule has 2 rings (SSSR count). The summed E-state index contributed by atoms with van der Waals surface area (Å²) < 4.78 is 24.1. The van der Waals surface area contributed by atoms with Crippen molar-refractivity contribution in [1.29, 1.82) is 0 Å². The summed E-state index contributed by atoms with van der Waals surface area (Å²) >= 11 is 0. The molecule has 1 amide bonds. The number of aromatic nitrogens is 1. The number of amides is 1. The summed E-state index contributed by atoms with van der Waals surface area (Å²) in [5.74, 6) is -0.362. The van der Waals surface area contributed by atoms with Gasteiger partial charge in [-0.15, -0.1) is 0 Å². The predicted octanol–water partition coefficient (Wildman–Crippen LogP) is -0.599. The average Bonchev–Trinajstić information content (AvgIpc) is 2.37. The molecule has 2 heterocycles. The van der Waals surface area contributed by atoms with E-state index in [2.05, 4.69) is 4.98 Å². The van der Waals surface area contributed by atoms with Crippen molar-refractivity contribution in [2.45, 2.75) is 6.92 Å². The molecule has 1 aliphatic rings. The van der Waals surface area contributed by atoms with Gasteiger partial charge in [0.2, 0.25) is 10.0 Å². The van der Waals surface area contributed by atoms with E-state index in [0.29, 0.717) is 18.8 Å². The van der Waals surface area contributed by atoms with Gasteiger partial charge in [0, 0.05) is 31.9 Å². The number of nitrogens with zero attached hydrogens (tertiary/aromatic N) is 2. The fraction of sp³-hybridized carbons (Fsp3) is 0.500. The lowest BCUT2D eigenvalue weighted by Gasteiger charge is -2.33. The van der Waals surface area contributed by atoms with Gasteiger partial charge in [0.05, 0.1) is 6.26 Å². The number of nitrogens with one attached hydrogen (secondary N) is 1. The Hall–Kier alpha value is -1.67. The van der Waals surface area contributed by atoms with E-state index >= 15 is 0 Å². The quantitative estimate of drug-likeness (QED) is 0.789. The highest BCUT2D eigenvalue weighted by Crippen LogP contribution is 2.09. The number of hydrogen-bond acceptors (Lipinski definition) is 4. The van der Waals surface area contributed by atoms with Crippen molar-refractivity contribution >= 4 is 15.9 Å². The van der Waals surface area contributed by atoms with Crippen LogP contribution in [0.1, 0.15) is 16.1 Å². The lowest BCUT2D eigenvalue weighted by molar-refractivity contribution is 0.0696. The summed E-state index contributed by atoms with van der Waals surface area (Å²) in [6.07, 6.45) is 1.15. The molecule has 1 fully saturated rings. The smallest absolute Gasteiger partial charge is 0.260 e. The first-order chi connectivity index (χ1) is 9.29. The molecule has 0 saturated carbocycles. The minimum absolute atomic E-state index is 0.0865. The molecule has 0 atom stereocenters. The topological polar surface area (TPSA) is 90.6 Å². The average molecular weight is 299 g/mol. The van der Waals surface area contributed by atoms with Crippen LogP contribution < -0.4 is 5.56 Å². The summed E-state index contributed by atoms with van der Waals surface area (Å²) in [6, 6.07) is 3.17. The molecule has 1 aromatic heterocycles. The molecule has 0 bridgehead atoms. The van der Waals surface area contributed by atoms with Crippen molar-refractivity contribution in [2.24, 2.45) is 0 Å². The van der Waals surface area contributed by atoms with Gasteiger partial charge < -0.3 is 9.88 Å². The molecule has 1 aliphatic heterocycles. The molecule has 8 heteroatoms. The first kappa shape index (κ1) is 14.7. The summed E-state index contributed by atoms with van der Waals surface area (Å²) in [5, 5.41) is 0. The Labute approximate surface area is 117 Å². The summed E-state index contributed by atoms with van der Waals surface area (Å²) in [4.78, 5) is 28.0. The molecule has 7 nitrogen and oxygen atoms in total. The molecule has 1 aromatic rings. The van der Waals surface area contributed by atoms with Crippen molar-refractivity contribution in [3.05, 3.63) is 33.7 Å². The molecule has 1 saturated heterocycles. The zero-order valence-corrected chi connectivity index (χ0v) is 12.2. The number of carbonyl (C=O) groups excluding carboxylic acids is 1. The molecule has 1 N–H and O–H groups in total. The van der Waals surface area contributed by atoms with Gasteiger partial charge in [-0.2, -0.15) is 4.31 Å². The summed E-state index contributed by atoms with van der Waals surface area (Å²) in [6.45, 7) is 2.83. The van der Waals surface area contributed by atoms with Gasteiger partial charge in [-0.05, 0) is 19.1 Å². The molecule has 0 spiro atoms. The van der Waals surface area contributed by atoms with Crippen LogP contribution in [-0.2, 0) is 10.0 Å². The number of hydrogen-bond donors (Lipinski definition) is 1. The van der Waals surface area contributed by atoms with E-state index in [1.807, 2.05) is 0 Å². The van der Waals surface area contributed by atoms with E-state index in [-0.39, 0.29) is 24.6 Å². The monoisotopic (exact) mass is 299 g/mol. The summed E-state index contributed by atoms with van der Waals surface area (Å²) in [5.41, 5.74) is 0.359. The molecule has 110 valence electrons. The largest absolute Gasteiger partial charge is 0.336 e. The van der Waals surface area contributed by atoms with Crippen LogP contribution >= 0.6 is 0 Å². The number of H-pyrrole nitrogens is 1. The molecule has 0 aromatic carbocycles. The Balaban J connectivity index is 2.11. The number of pyridine rings is 1. The Morgan fingerprint density at radius 2 is 1.80 bits per heavy atom. The third-order valence-electron chi connectivity index (χ3n) is 3.28. The lowest BCUT2D eigenvalue weighted by atomic mass is 10.2. The van der Waals surface area contributed by atoms with Gasteiger partial charge in [-0.1, -0.05) is 0 Å². The molecular formula is C12H17N3O4S. The molecular weight excluding hydrogens is 282 g/mol. The number of aromatic amines is 1. The van der Waals surface area contributed by atoms with E-state index in [0.717, 1.165) is 6.26 Å². The maximum atomic E-state index is 12.2. The second-order valence-electron chi connectivity index (χ2n) is 4.84. The highest BCUT2D eigenvalue weighted by Gasteiger charge is 2.27. The predicted molar refractivity (Wildman–Crippen MR) is 74.1 cm³/mol. The van der Waals surface area contributed by atoms with Crippen LogP contribution in [0.15, 0.2) is 16.9 Å². The van der Waals surface area contributed by atoms with Gasteiger partial charge in [0.15, 0.2) is 0 Å². The fourth-order valence-electron chi connectivity index (χ4n) is 2.13. The SMILES string of the molecule is Cc1ccc(C(=O)N2CCN(S(C)(=O)=O)CC2)c(=O)[nH]1. The van der Waals surface area contributed by atoms with Crippen LogP contribution in [0.4, 0.5) is 0 Å². The van der Waals surface area contributed by atoms with Crippen molar-refractivity contribution in [3.63, 3.8) is 0 Å². The number of piperazine rings is 1. The van der Waals surface area contributed by atoms with Crippen LogP contribution in [0.25, 0.3) is 0 Å². The first-order valence-electron chi connectivity index (χ1n) is 6.23. The number of rotatable bonds is 2. The van der Waals surface area contributed by atoms with E-state index in [1.165, 1.54) is 15.3 Å². The third-order valence-corrected chi connectivity index (χ3v) is 4.58. The number of carbonyl (C=O) groups is 1. The molecule has 0 aliphatic carbocycles. The van der Waals surface area contributed by atoms with Crippen LogP contribution in [-0.4, -0.2) is 60.9 Å². The standard InChI is InChI=1S/C12H17N3O4S/c1-9-3-4-10(11(16)13-9)12(17)14-5-7-15(8-6-14)20(2,18)19/h3-4H,5-8H2,1-2H3,(H,13,16).